The molecule has 1 fully saturated rings. The number of unbranched alkanes of at least 4 members (excludes halogenated alkanes) is 1. The first-order chi connectivity index (χ1) is 10.2. The first kappa shape index (κ1) is 15.6. The number of anilines is 2. The Labute approximate surface area is 125 Å². The van der Waals surface area contributed by atoms with Crippen molar-refractivity contribution in [2.75, 3.05) is 50.0 Å². The number of nitrogens with zero attached hydrogens (tertiary/aromatic N) is 3. The molecule has 0 unspecified atom stereocenters. The molecule has 1 saturated heterocycles. The van der Waals surface area contributed by atoms with E-state index in [4.69, 9.17) is 10.5 Å². The fraction of sp³-hybridized carbons (Fsp3) is 0.600. The number of nitrogen functional groups attached to an aromatic ring is 1. The van der Waals surface area contributed by atoms with E-state index < -0.39 is 0 Å². The van der Waals surface area contributed by atoms with Crippen LogP contribution in [0.1, 0.15) is 19.8 Å². The number of hydrogen-bond acceptors (Lipinski definition) is 6. The van der Waals surface area contributed by atoms with Crippen LogP contribution in [0.3, 0.4) is 0 Å². The van der Waals surface area contributed by atoms with E-state index in [-0.39, 0.29) is 5.97 Å². The zero-order chi connectivity index (χ0) is 15.1. The summed E-state index contributed by atoms with van der Waals surface area (Å²) in [6.45, 7) is 6.38. The van der Waals surface area contributed by atoms with Gasteiger partial charge in [0, 0.05) is 32.4 Å². The maximum absolute atomic E-state index is 11.7. The second-order valence-corrected chi connectivity index (χ2v) is 5.27. The smallest absolute Gasteiger partial charge is 0.320 e. The summed E-state index contributed by atoms with van der Waals surface area (Å²) in [5.74, 6) is -0.125. The summed E-state index contributed by atoms with van der Waals surface area (Å²) in [6.07, 6.45) is 5.40. The molecule has 0 atom stereocenters. The molecule has 1 aromatic rings. The van der Waals surface area contributed by atoms with E-state index in [1.807, 2.05) is 6.07 Å². The SMILES string of the molecule is CCCCOC(=O)CN1CCN(c2ccncc2N)CC1. The number of piperazine rings is 1. The van der Waals surface area contributed by atoms with Crippen LogP contribution in [0.25, 0.3) is 0 Å². The third-order valence-electron chi connectivity index (χ3n) is 3.65. The number of nitrogens with two attached hydrogens (primary N) is 1. The third-order valence-corrected chi connectivity index (χ3v) is 3.65. The van der Waals surface area contributed by atoms with Crippen molar-refractivity contribution in [2.24, 2.45) is 0 Å². The van der Waals surface area contributed by atoms with Crippen LogP contribution in [0.2, 0.25) is 0 Å². The van der Waals surface area contributed by atoms with Crippen LogP contribution < -0.4 is 10.6 Å². The van der Waals surface area contributed by atoms with E-state index >= 15 is 0 Å². The van der Waals surface area contributed by atoms with Gasteiger partial charge in [0.15, 0.2) is 0 Å². The Bertz CT molecular complexity index is 459. The molecular formula is C15H24N4O2. The topological polar surface area (TPSA) is 71.7 Å². The number of ether oxygens (including phenoxy) is 1. The number of pyridine rings is 1. The predicted molar refractivity (Wildman–Crippen MR) is 83.2 cm³/mol. The van der Waals surface area contributed by atoms with E-state index in [0.29, 0.717) is 18.8 Å². The molecule has 2 N–H and O–H groups in total. The van der Waals surface area contributed by atoms with Crippen molar-refractivity contribution in [1.29, 1.82) is 0 Å². The molecule has 0 aliphatic carbocycles. The second-order valence-electron chi connectivity index (χ2n) is 5.27. The summed E-state index contributed by atoms with van der Waals surface area (Å²) >= 11 is 0. The molecule has 6 heteroatoms. The van der Waals surface area contributed by atoms with Crippen LogP contribution in [0.5, 0.6) is 0 Å². The van der Waals surface area contributed by atoms with Crippen LogP contribution >= 0.6 is 0 Å². The zero-order valence-electron chi connectivity index (χ0n) is 12.6. The van der Waals surface area contributed by atoms with Gasteiger partial charge in [-0.1, -0.05) is 13.3 Å². The Morgan fingerprint density at radius 2 is 2.14 bits per heavy atom. The molecule has 1 aliphatic heterocycles. The summed E-state index contributed by atoms with van der Waals surface area (Å²) in [4.78, 5) is 20.1. The number of carbonyl (C=O) groups excluding carboxylic acids is 1. The minimum absolute atomic E-state index is 0.125. The Morgan fingerprint density at radius 3 is 2.81 bits per heavy atom. The van der Waals surface area contributed by atoms with Gasteiger partial charge in [-0.15, -0.1) is 0 Å². The van der Waals surface area contributed by atoms with Crippen LogP contribution in [0.4, 0.5) is 11.4 Å². The molecule has 21 heavy (non-hydrogen) atoms. The summed E-state index contributed by atoms with van der Waals surface area (Å²) in [5.41, 5.74) is 7.67. The maximum Gasteiger partial charge on any atom is 0.320 e. The van der Waals surface area contributed by atoms with Crippen molar-refractivity contribution in [3.05, 3.63) is 18.5 Å². The van der Waals surface area contributed by atoms with Gasteiger partial charge in [0.25, 0.3) is 0 Å². The molecule has 0 spiro atoms. The number of rotatable bonds is 6. The van der Waals surface area contributed by atoms with E-state index in [2.05, 4.69) is 21.7 Å². The molecule has 1 aromatic heterocycles. The summed E-state index contributed by atoms with van der Waals surface area (Å²) in [5, 5.41) is 0. The highest BCUT2D eigenvalue weighted by atomic mass is 16.5. The van der Waals surface area contributed by atoms with Crippen LogP contribution in [-0.4, -0.2) is 55.2 Å². The average Bonchev–Trinajstić information content (AvgIpc) is 2.49. The van der Waals surface area contributed by atoms with Gasteiger partial charge in [0.05, 0.1) is 30.7 Å². The molecule has 0 radical (unpaired) electrons. The highest BCUT2D eigenvalue weighted by Crippen LogP contribution is 2.22. The van der Waals surface area contributed by atoms with Crippen molar-refractivity contribution in [2.45, 2.75) is 19.8 Å². The van der Waals surface area contributed by atoms with Gasteiger partial charge in [-0.05, 0) is 12.5 Å². The van der Waals surface area contributed by atoms with Gasteiger partial charge < -0.3 is 15.4 Å². The Balaban J connectivity index is 1.76. The van der Waals surface area contributed by atoms with Crippen molar-refractivity contribution < 1.29 is 9.53 Å². The second kappa shape index (κ2) is 7.83. The first-order valence-corrected chi connectivity index (χ1v) is 7.53. The molecule has 116 valence electrons. The van der Waals surface area contributed by atoms with Crippen molar-refractivity contribution in [1.82, 2.24) is 9.88 Å². The molecule has 2 heterocycles. The fourth-order valence-electron chi connectivity index (χ4n) is 2.39. The normalized spacial score (nSPS) is 16.0. The van der Waals surface area contributed by atoms with Gasteiger partial charge >= 0.3 is 5.97 Å². The van der Waals surface area contributed by atoms with Gasteiger partial charge in [-0.25, -0.2) is 0 Å². The van der Waals surface area contributed by atoms with E-state index in [9.17, 15) is 4.79 Å². The molecule has 0 bridgehead atoms. The van der Waals surface area contributed by atoms with E-state index in [1.165, 1.54) is 0 Å². The largest absolute Gasteiger partial charge is 0.465 e. The fourth-order valence-corrected chi connectivity index (χ4v) is 2.39. The molecule has 0 saturated carbocycles. The maximum atomic E-state index is 11.7. The molecule has 0 amide bonds. The van der Waals surface area contributed by atoms with Gasteiger partial charge in [0.1, 0.15) is 0 Å². The van der Waals surface area contributed by atoms with Crippen molar-refractivity contribution in [3.63, 3.8) is 0 Å². The van der Waals surface area contributed by atoms with E-state index in [0.717, 1.165) is 44.7 Å². The van der Waals surface area contributed by atoms with Gasteiger partial charge in [-0.2, -0.15) is 0 Å². The first-order valence-electron chi connectivity index (χ1n) is 7.53. The quantitative estimate of drug-likeness (QED) is 0.626. The third kappa shape index (κ3) is 4.60. The minimum Gasteiger partial charge on any atom is -0.465 e. The zero-order valence-corrected chi connectivity index (χ0v) is 12.6. The molecular weight excluding hydrogens is 268 g/mol. The molecule has 2 rings (SSSR count). The minimum atomic E-state index is -0.125. The van der Waals surface area contributed by atoms with E-state index in [1.54, 1.807) is 12.4 Å². The number of carbonyl (C=O) groups is 1. The highest BCUT2D eigenvalue weighted by Gasteiger charge is 2.20. The lowest BCUT2D eigenvalue weighted by molar-refractivity contribution is -0.145. The number of hydrogen-bond donors (Lipinski definition) is 1. The molecule has 1 aliphatic rings. The van der Waals surface area contributed by atoms with Gasteiger partial charge in [0.2, 0.25) is 0 Å². The average molecular weight is 292 g/mol. The molecule has 0 aromatic carbocycles. The Kier molecular flexibility index (Phi) is 5.80. The van der Waals surface area contributed by atoms with Crippen LogP contribution in [-0.2, 0) is 9.53 Å². The lowest BCUT2D eigenvalue weighted by Crippen LogP contribution is -2.48. The lowest BCUT2D eigenvalue weighted by atomic mass is 10.2. The van der Waals surface area contributed by atoms with Crippen molar-refractivity contribution in [3.8, 4) is 0 Å². The van der Waals surface area contributed by atoms with Crippen LogP contribution in [0.15, 0.2) is 18.5 Å². The molecule has 6 nitrogen and oxygen atoms in total. The highest BCUT2D eigenvalue weighted by molar-refractivity contribution is 5.71. The summed E-state index contributed by atoms with van der Waals surface area (Å²) < 4.78 is 5.19. The van der Waals surface area contributed by atoms with Crippen molar-refractivity contribution >= 4 is 17.3 Å². The number of esters is 1. The Hall–Kier alpha value is -1.82. The standard InChI is InChI=1S/C15H24N4O2/c1-2-3-10-21-15(20)12-18-6-8-19(9-7-18)14-4-5-17-11-13(14)16/h4-5,11H,2-3,6-10,12,16H2,1H3. The predicted octanol–water partition coefficient (Wildman–Crippen LogP) is 1.13. The number of aromatic nitrogens is 1. The van der Waals surface area contributed by atoms with Gasteiger partial charge in [-0.3, -0.25) is 14.7 Å². The summed E-state index contributed by atoms with van der Waals surface area (Å²) in [6, 6.07) is 1.93. The monoisotopic (exact) mass is 292 g/mol. The lowest BCUT2D eigenvalue weighted by Gasteiger charge is -2.35. The summed E-state index contributed by atoms with van der Waals surface area (Å²) in [7, 11) is 0. The van der Waals surface area contributed by atoms with Crippen LogP contribution in [0, 0.1) is 0 Å². The Morgan fingerprint density at radius 1 is 1.38 bits per heavy atom.